The lowest BCUT2D eigenvalue weighted by molar-refractivity contribution is 0.340. The fourth-order valence-corrected chi connectivity index (χ4v) is 1.28. The van der Waals surface area contributed by atoms with E-state index in [2.05, 4.69) is 10.2 Å². The van der Waals surface area contributed by atoms with E-state index < -0.39 is 0 Å². The maximum absolute atomic E-state index is 3.15. The first-order chi connectivity index (χ1) is 4.43. The average molecular weight is 128 g/mol. The third-order valence-electron chi connectivity index (χ3n) is 1.88. The highest BCUT2D eigenvalue weighted by Gasteiger charge is 2.09. The second-order valence-electron chi connectivity index (χ2n) is 2.65. The highest BCUT2D eigenvalue weighted by molar-refractivity contribution is 4.65. The van der Waals surface area contributed by atoms with Gasteiger partial charge in [0.2, 0.25) is 0 Å². The molecule has 1 fully saturated rings. The normalized spacial score (nSPS) is 21.0. The Bertz CT molecular complexity index is 67.3. The summed E-state index contributed by atoms with van der Waals surface area (Å²) in [6.07, 6.45) is 2.81. The Morgan fingerprint density at radius 3 is 2.56 bits per heavy atom. The topological polar surface area (TPSA) is 15.3 Å². The van der Waals surface area contributed by atoms with E-state index in [-0.39, 0.29) is 0 Å². The number of likely N-dealkylation sites (tertiary alicyclic amines) is 1. The van der Waals surface area contributed by atoms with Gasteiger partial charge in [-0.15, -0.1) is 0 Å². The molecule has 9 heavy (non-hydrogen) atoms. The van der Waals surface area contributed by atoms with Crippen molar-refractivity contribution in [1.82, 2.24) is 10.2 Å². The van der Waals surface area contributed by atoms with Gasteiger partial charge in [-0.2, -0.15) is 0 Å². The van der Waals surface area contributed by atoms with Crippen LogP contribution in [0, 0.1) is 0 Å². The molecule has 0 unspecified atom stereocenters. The van der Waals surface area contributed by atoms with Crippen LogP contribution in [-0.4, -0.2) is 38.1 Å². The lowest BCUT2D eigenvalue weighted by Gasteiger charge is -2.12. The van der Waals surface area contributed by atoms with Gasteiger partial charge < -0.3 is 10.2 Å². The third kappa shape index (κ3) is 2.33. The quantitative estimate of drug-likeness (QED) is 0.588. The number of rotatable bonds is 3. The molecule has 1 N–H and O–H groups in total. The van der Waals surface area contributed by atoms with Crippen LogP contribution in [0.3, 0.4) is 0 Å². The number of hydrogen-bond donors (Lipinski definition) is 1. The SMILES string of the molecule is CNCCN1CCCC1. The van der Waals surface area contributed by atoms with Crippen LogP contribution in [-0.2, 0) is 0 Å². The molecule has 54 valence electrons. The van der Waals surface area contributed by atoms with Crippen molar-refractivity contribution in [3.8, 4) is 0 Å². The molecule has 0 saturated carbocycles. The van der Waals surface area contributed by atoms with Gasteiger partial charge in [-0.3, -0.25) is 0 Å². The van der Waals surface area contributed by atoms with Crippen LogP contribution in [0.1, 0.15) is 12.8 Å². The predicted octanol–water partition coefficient (Wildman–Crippen LogP) is 0.302. The van der Waals surface area contributed by atoms with Gasteiger partial charge in [0.05, 0.1) is 0 Å². The van der Waals surface area contributed by atoms with E-state index in [4.69, 9.17) is 0 Å². The summed E-state index contributed by atoms with van der Waals surface area (Å²) in [5.41, 5.74) is 0. The van der Waals surface area contributed by atoms with Crippen molar-refractivity contribution >= 4 is 0 Å². The molecule has 1 aliphatic heterocycles. The summed E-state index contributed by atoms with van der Waals surface area (Å²) in [6, 6.07) is 0. The highest BCUT2D eigenvalue weighted by atomic mass is 15.1. The number of hydrogen-bond acceptors (Lipinski definition) is 2. The van der Waals surface area contributed by atoms with Gasteiger partial charge in [0, 0.05) is 13.1 Å². The van der Waals surface area contributed by atoms with Gasteiger partial charge in [-0.1, -0.05) is 0 Å². The van der Waals surface area contributed by atoms with Gasteiger partial charge in [-0.25, -0.2) is 0 Å². The molecule has 0 bridgehead atoms. The molecule has 0 aromatic rings. The molecule has 0 aromatic carbocycles. The Balaban J connectivity index is 1.98. The average Bonchev–Trinajstić information content (AvgIpc) is 2.34. The van der Waals surface area contributed by atoms with E-state index in [1.54, 1.807) is 0 Å². The summed E-state index contributed by atoms with van der Waals surface area (Å²) < 4.78 is 0. The van der Waals surface area contributed by atoms with E-state index >= 15 is 0 Å². The van der Waals surface area contributed by atoms with Crippen LogP contribution in [0.15, 0.2) is 0 Å². The minimum atomic E-state index is 1.14. The van der Waals surface area contributed by atoms with E-state index in [0.717, 1.165) is 6.54 Å². The molecule has 1 aliphatic rings. The standard InChI is InChI=1S/C7H16N2/c1-8-4-7-9-5-2-3-6-9/h8H,2-7H2,1H3. The van der Waals surface area contributed by atoms with Gasteiger partial charge in [-0.05, 0) is 33.0 Å². The van der Waals surface area contributed by atoms with Crippen molar-refractivity contribution in [3.63, 3.8) is 0 Å². The maximum Gasteiger partial charge on any atom is 0.0107 e. The molecule has 2 nitrogen and oxygen atoms in total. The van der Waals surface area contributed by atoms with Crippen molar-refractivity contribution in [2.45, 2.75) is 12.8 Å². The van der Waals surface area contributed by atoms with Crippen LogP contribution in [0.4, 0.5) is 0 Å². The lowest BCUT2D eigenvalue weighted by Crippen LogP contribution is -2.27. The van der Waals surface area contributed by atoms with Crippen LogP contribution in [0.25, 0.3) is 0 Å². The van der Waals surface area contributed by atoms with Crippen LogP contribution >= 0.6 is 0 Å². The smallest absolute Gasteiger partial charge is 0.0107 e. The van der Waals surface area contributed by atoms with E-state index in [9.17, 15) is 0 Å². The molecule has 0 spiro atoms. The molecule has 1 saturated heterocycles. The van der Waals surface area contributed by atoms with Crippen molar-refractivity contribution in [1.29, 1.82) is 0 Å². The van der Waals surface area contributed by atoms with Gasteiger partial charge in [0.15, 0.2) is 0 Å². The zero-order valence-corrected chi connectivity index (χ0v) is 6.19. The molecule has 0 amide bonds. The Labute approximate surface area is 57.2 Å². The summed E-state index contributed by atoms with van der Waals surface area (Å²) in [6.45, 7) is 5.01. The summed E-state index contributed by atoms with van der Waals surface area (Å²) in [5.74, 6) is 0. The van der Waals surface area contributed by atoms with Gasteiger partial charge in [0.25, 0.3) is 0 Å². The predicted molar refractivity (Wildman–Crippen MR) is 39.6 cm³/mol. The van der Waals surface area contributed by atoms with E-state index in [0.29, 0.717) is 0 Å². The number of likely N-dealkylation sites (N-methyl/N-ethyl adjacent to an activating group) is 1. The summed E-state index contributed by atoms with van der Waals surface area (Å²) in [4.78, 5) is 2.51. The zero-order valence-electron chi connectivity index (χ0n) is 6.19. The first-order valence-electron chi connectivity index (χ1n) is 3.80. The van der Waals surface area contributed by atoms with Crippen LogP contribution < -0.4 is 5.32 Å². The largest absolute Gasteiger partial charge is 0.318 e. The van der Waals surface area contributed by atoms with E-state index in [1.807, 2.05) is 7.05 Å². The second kappa shape index (κ2) is 3.85. The van der Waals surface area contributed by atoms with Crippen molar-refractivity contribution in [3.05, 3.63) is 0 Å². The first kappa shape index (κ1) is 7.03. The fraction of sp³-hybridized carbons (Fsp3) is 1.00. The van der Waals surface area contributed by atoms with Crippen molar-refractivity contribution in [2.24, 2.45) is 0 Å². The summed E-state index contributed by atoms with van der Waals surface area (Å²) in [7, 11) is 2.01. The zero-order chi connectivity index (χ0) is 6.53. The molecule has 0 radical (unpaired) electrons. The van der Waals surface area contributed by atoms with Crippen LogP contribution in [0.2, 0.25) is 0 Å². The molecule has 0 aliphatic carbocycles. The molecule has 0 aromatic heterocycles. The van der Waals surface area contributed by atoms with Gasteiger partial charge in [0.1, 0.15) is 0 Å². The summed E-state index contributed by atoms with van der Waals surface area (Å²) >= 11 is 0. The summed E-state index contributed by atoms with van der Waals surface area (Å²) in [5, 5.41) is 3.15. The van der Waals surface area contributed by atoms with Crippen molar-refractivity contribution < 1.29 is 0 Å². The third-order valence-corrected chi connectivity index (χ3v) is 1.88. The Hall–Kier alpha value is -0.0800. The second-order valence-corrected chi connectivity index (χ2v) is 2.65. The minimum Gasteiger partial charge on any atom is -0.318 e. The van der Waals surface area contributed by atoms with Crippen LogP contribution in [0.5, 0.6) is 0 Å². The molecular weight excluding hydrogens is 112 g/mol. The number of nitrogens with one attached hydrogen (secondary N) is 1. The van der Waals surface area contributed by atoms with Crippen molar-refractivity contribution in [2.75, 3.05) is 33.2 Å². The highest BCUT2D eigenvalue weighted by Crippen LogP contribution is 2.05. The minimum absolute atomic E-state index is 1.14. The Morgan fingerprint density at radius 1 is 1.33 bits per heavy atom. The molecule has 1 rings (SSSR count). The monoisotopic (exact) mass is 128 g/mol. The molecule has 1 heterocycles. The van der Waals surface area contributed by atoms with E-state index in [1.165, 1.54) is 32.5 Å². The Morgan fingerprint density at radius 2 is 2.00 bits per heavy atom. The first-order valence-corrected chi connectivity index (χ1v) is 3.80. The Kier molecular flexibility index (Phi) is 3.01. The maximum atomic E-state index is 3.15. The molecular formula is C7H16N2. The number of nitrogens with zero attached hydrogens (tertiary/aromatic N) is 1. The molecule has 0 atom stereocenters. The molecule has 2 heteroatoms. The fourth-order valence-electron chi connectivity index (χ4n) is 1.28. The van der Waals surface area contributed by atoms with Gasteiger partial charge >= 0.3 is 0 Å². The lowest BCUT2D eigenvalue weighted by atomic mass is 10.4.